The molecule has 1 N–H and O–H groups in total. The zero-order valence-electron chi connectivity index (χ0n) is 5.50. The standard InChI is InChI=1S/C6H11NO2/c1-5(8)7-3-2-6(9)4-7/h6,9H,2-4H2,1H3/t6-/m0/s1. The summed E-state index contributed by atoms with van der Waals surface area (Å²) in [4.78, 5) is 12.3. The Bertz CT molecular complexity index is 124. The smallest absolute Gasteiger partial charge is 0.219 e. The first-order chi connectivity index (χ1) is 4.20. The number of β-amino-alcohol motifs (C(OH)–C–C–N with tert-alkyl or cyclic N) is 1. The fourth-order valence-electron chi connectivity index (χ4n) is 1.03. The lowest BCUT2D eigenvalue weighted by molar-refractivity contribution is -0.128. The van der Waals surface area contributed by atoms with Gasteiger partial charge in [0.1, 0.15) is 0 Å². The van der Waals surface area contributed by atoms with Crippen molar-refractivity contribution in [1.29, 1.82) is 0 Å². The Labute approximate surface area is 54.3 Å². The molecule has 52 valence electrons. The molecular formula is C6H11NO2. The van der Waals surface area contributed by atoms with Gasteiger partial charge in [0, 0.05) is 20.0 Å². The number of hydrogen-bond acceptors (Lipinski definition) is 2. The van der Waals surface area contributed by atoms with Gasteiger partial charge in [-0.25, -0.2) is 0 Å². The molecule has 1 rings (SSSR count). The van der Waals surface area contributed by atoms with Gasteiger partial charge in [-0.15, -0.1) is 0 Å². The molecule has 0 aromatic rings. The first-order valence-electron chi connectivity index (χ1n) is 3.13. The minimum Gasteiger partial charge on any atom is -0.391 e. The van der Waals surface area contributed by atoms with E-state index in [1.165, 1.54) is 6.92 Å². The molecule has 3 nitrogen and oxygen atoms in total. The zero-order chi connectivity index (χ0) is 6.85. The highest BCUT2D eigenvalue weighted by Gasteiger charge is 2.21. The van der Waals surface area contributed by atoms with Crippen molar-refractivity contribution in [2.75, 3.05) is 13.1 Å². The van der Waals surface area contributed by atoms with Gasteiger partial charge in [0.2, 0.25) is 5.91 Å². The quantitative estimate of drug-likeness (QED) is 0.483. The highest BCUT2D eigenvalue weighted by molar-refractivity contribution is 5.73. The van der Waals surface area contributed by atoms with Crippen LogP contribution < -0.4 is 0 Å². The lowest BCUT2D eigenvalue weighted by atomic mass is 10.3. The second-order valence-electron chi connectivity index (χ2n) is 2.41. The van der Waals surface area contributed by atoms with Gasteiger partial charge in [0.25, 0.3) is 0 Å². The van der Waals surface area contributed by atoms with Gasteiger partial charge in [-0.05, 0) is 6.42 Å². The molecule has 0 aromatic carbocycles. The molecule has 0 radical (unpaired) electrons. The summed E-state index contributed by atoms with van der Waals surface area (Å²) >= 11 is 0. The average molecular weight is 129 g/mol. The molecule has 0 saturated carbocycles. The number of carbonyl (C=O) groups is 1. The molecule has 0 aliphatic carbocycles. The van der Waals surface area contributed by atoms with E-state index in [1.54, 1.807) is 4.90 Å². The van der Waals surface area contributed by atoms with E-state index in [4.69, 9.17) is 5.11 Å². The summed E-state index contributed by atoms with van der Waals surface area (Å²) < 4.78 is 0. The largest absolute Gasteiger partial charge is 0.391 e. The molecule has 1 aliphatic heterocycles. The predicted octanol–water partition coefficient (Wildman–Crippen LogP) is -0.401. The molecule has 1 aliphatic rings. The Morgan fingerprint density at radius 1 is 1.78 bits per heavy atom. The Morgan fingerprint density at radius 3 is 2.67 bits per heavy atom. The maximum absolute atomic E-state index is 10.6. The van der Waals surface area contributed by atoms with Crippen LogP contribution in [0.4, 0.5) is 0 Å². The molecule has 0 unspecified atom stereocenters. The van der Waals surface area contributed by atoms with E-state index in [9.17, 15) is 4.79 Å². The van der Waals surface area contributed by atoms with Crippen molar-refractivity contribution in [3.63, 3.8) is 0 Å². The van der Waals surface area contributed by atoms with Crippen molar-refractivity contribution >= 4 is 5.91 Å². The van der Waals surface area contributed by atoms with E-state index in [0.29, 0.717) is 6.54 Å². The summed E-state index contributed by atoms with van der Waals surface area (Å²) in [5.74, 6) is 0.0616. The van der Waals surface area contributed by atoms with Gasteiger partial charge in [-0.2, -0.15) is 0 Å². The summed E-state index contributed by atoms with van der Waals surface area (Å²) in [5, 5.41) is 8.95. The zero-order valence-corrected chi connectivity index (χ0v) is 5.50. The Balaban J connectivity index is 2.39. The van der Waals surface area contributed by atoms with Gasteiger partial charge < -0.3 is 10.0 Å². The monoisotopic (exact) mass is 129 g/mol. The van der Waals surface area contributed by atoms with Crippen LogP contribution in [-0.2, 0) is 4.79 Å². The van der Waals surface area contributed by atoms with Crippen molar-refractivity contribution < 1.29 is 9.90 Å². The van der Waals surface area contributed by atoms with Crippen molar-refractivity contribution in [2.24, 2.45) is 0 Å². The maximum Gasteiger partial charge on any atom is 0.219 e. The number of amides is 1. The summed E-state index contributed by atoms with van der Waals surface area (Å²) in [5.41, 5.74) is 0. The molecule has 3 heteroatoms. The number of rotatable bonds is 0. The van der Waals surface area contributed by atoms with Crippen LogP contribution in [0.2, 0.25) is 0 Å². The first kappa shape index (κ1) is 6.55. The topological polar surface area (TPSA) is 40.5 Å². The summed E-state index contributed by atoms with van der Waals surface area (Å²) in [6, 6.07) is 0. The third kappa shape index (κ3) is 1.42. The van der Waals surface area contributed by atoms with Crippen LogP contribution >= 0.6 is 0 Å². The number of carbonyl (C=O) groups excluding carboxylic acids is 1. The molecule has 0 bridgehead atoms. The molecule has 1 fully saturated rings. The van der Waals surface area contributed by atoms with E-state index in [-0.39, 0.29) is 12.0 Å². The van der Waals surface area contributed by atoms with Gasteiger partial charge in [0.15, 0.2) is 0 Å². The van der Waals surface area contributed by atoms with Gasteiger partial charge >= 0.3 is 0 Å². The van der Waals surface area contributed by atoms with Gasteiger partial charge in [0.05, 0.1) is 6.10 Å². The maximum atomic E-state index is 10.6. The predicted molar refractivity (Wildman–Crippen MR) is 32.9 cm³/mol. The van der Waals surface area contributed by atoms with Crippen LogP contribution in [0.25, 0.3) is 0 Å². The van der Waals surface area contributed by atoms with Crippen LogP contribution in [0.3, 0.4) is 0 Å². The third-order valence-corrected chi connectivity index (χ3v) is 1.61. The number of aliphatic hydroxyl groups excluding tert-OH is 1. The second kappa shape index (κ2) is 2.35. The summed E-state index contributed by atoms with van der Waals surface area (Å²) in [6.07, 6.45) is 0.452. The molecule has 1 amide bonds. The second-order valence-corrected chi connectivity index (χ2v) is 2.41. The normalized spacial score (nSPS) is 26.9. The van der Waals surface area contributed by atoms with E-state index in [1.807, 2.05) is 0 Å². The highest BCUT2D eigenvalue weighted by Crippen LogP contribution is 2.07. The third-order valence-electron chi connectivity index (χ3n) is 1.61. The molecule has 9 heavy (non-hydrogen) atoms. The number of hydrogen-bond donors (Lipinski definition) is 1. The van der Waals surface area contributed by atoms with Crippen molar-refractivity contribution in [1.82, 2.24) is 4.90 Å². The van der Waals surface area contributed by atoms with Crippen LogP contribution in [-0.4, -0.2) is 35.1 Å². The lowest BCUT2D eigenvalue weighted by Crippen LogP contribution is -2.26. The highest BCUT2D eigenvalue weighted by atomic mass is 16.3. The van der Waals surface area contributed by atoms with Crippen molar-refractivity contribution in [3.05, 3.63) is 0 Å². The van der Waals surface area contributed by atoms with Gasteiger partial charge in [-0.1, -0.05) is 0 Å². The van der Waals surface area contributed by atoms with Crippen LogP contribution in [0, 0.1) is 0 Å². The van der Waals surface area contributed by atoms with Gasteiger partial charge in [-0.3, -0.25) is 4.79 Å². The minimum absolute atomic E-state index is 0.0616. The molecule has 1 atom stereocenters. The Hall–Kier alpha value is -0.570. The van der Waals surface area contributed by atoms with E-state index >= 15 is 0 Å². The summed E-state index contributed by atoms with van der Waals surface area (Å²) in [6.45, 7) is 2.77. The van der Waals surface area contributed by atoms with E-state index in [2.05, 4.69) is 0 Å². The first-order valence-corrected chi connectivity index (χ1v) is 3.13. The number of aliphatic hydroxyl groups is 1. The minimum atomic E-state index is -0.283. The Morgan fingerprint density at radius 2 is 2.44 bits per heavy atom. The average Bonchev–Trinajstić information content (AvgIpc) is 2.14. The van der Waals surface area contributed by atoms with E-state index < -0.39 is 0 Å². The fraction of sp³-hybridized carbons (Fsp3) is 0.833. The van der Waals surface area contributed by atoms with Crippen LogP contribution in [0.1, 0.15) is 13.3 Å². The van der Waals surface area contributed by atoms with Crippen molar-refractivity contribution in [3.8, 4) is 0 Å². The molecule has 1 heterocycles. The molecular weight excluding hydrogens is 118 g/mol. The summed E-state index contributed by atoms with van der Waals surface area (Å²) in [7, 11) is 0. The van der Waals surface area contributed by atoms with Crippen LogP contribution in [0.5, 0.6) is 0 Å². The molecule has 1 saturated heterocycles. The lowest BCUT2D eigenvalue weighted by Gasteiger charge is -2.10. The van der Waals surface area contributed by atoms with E-state index in [0.717, 1.165) is 13.0 Å². The van der Waals surface area contributed by atoms with Crippen molar-refractivity contribution in [2.45, 2.75) is 19.4 Å². The fourth-order valence-corrected chi connectivity index (χ4v) is 1.03. The van der Waals surface area contributed by atoms with Crippen LogP contribution in [0.15, 0.2) is 0 Å². The Kier molecular flexibility index (Phi) is 1.71. The SMILES string of the molecule is CC(=O)N1CC[C@H](O)C1. The molecule has 0 aromatic heterocycles. The number of nitrogens with zero attached hydrogens (tertiary/aromatic N) is 1. The molecule has 0 spiro atoms. The number of likely N-dealkylation sites (tertiary alicyclic amines) is 1.